The Labute approximate surface area is 164 Å². The zero-order chi connectivity index (χ0) is 18.2. The second kappa shape index (κ2) is 9.88. The molecule has 0 unspecified atom stereocenters. The molecule has 2 aromatic carbocycles. The molecule has 3 heteroatoms. The van der Waals surface area contributed by atoms with Crippen LogP contribution >= 0.6 is 22.6 Å². The highest BCUT2D eigenvalue weighted by molar-refractivity contribution is 14.1. The van der Waals surface area contributed by atoms with Gasteiger partial charge in [-0.3, -0.25) is 4.79 Å². The summed E-state index contributed by atoms with van der Waals surface area (Å²) in [7, 11) is 0. The highest BCUT2D eigenvalue weighted by Crippen LogP contribution is 2.29. The number of carbonyl (C=O) groups excluding carboxylic acids is 1. The summed E-state index contributed by atoms with van der Waals surface area (Å²) < 4.78 is 6.50. The average Bonchev–Trinajstić information content (AvgIpc) is 2.60. The van der Waals surface area contributed by atoms with Crippen molar-refractivity contribution >= 4 is 28.4 Å². The summed E-state index contributed by atoms with van der Waals surface area (Å²) >= 11 is 2.28. The number of ether oxygens (including phenoxy) is 1. The van der Waals surface area contributed by atoms with Gasteiger partial charge in [-0.2, -0.15) is 0 Å². The van der Waals surface area contributed by atoms with Crippen LogP contribution in [-0.2, 0) is 11.2 Å². The van der Waals surface area contributed by atoms with Crippen molar-refractivity contribution in [1.82, 2.24) is 0 Å². The molecule has 0 aromatic heterocycles. The molecule has 25 heavy (non-hydrogen) atoms. The molecule has 0 aliphatic carbocycles. The van der Waals surface area contributed by atoms with Crippen LogP contribution in [0.3, 0.4) is 0 Å². The molecule has 0 aliphatic rings. The van der Waals surface area contributed by atoms with E-state index in [9.17, 15) is 4.79 Å². The van der Waals surface area contributed by atoms with Crippen LogP contribution in [-0.4, -0.2) is 19.0 Å². The highest BCUT2D eigenvalue weighted by Gasteiger charge is 2.11. The number of aryl methyl sites for hydroxylation is 1. The topological polar surface area (TPSA) is 26.3 Å². The number of unbranched alkanes of at least 4 members (excludes halogenated alkanes) is 1. The molecule has 0 spiro atoms. The fourth-order valence-electron chi connectivity index (χ4n) is 2.90. The molecular weight excluding hydrogens is 423 g/mol. The van der Waals surface area contributed by atoms with E-state index in [2.05, 4.69) is 59.5 Å². The molecule has 2 rings (SSSR count). The van der Waals surface area contributed by atoms with E-state index in [1.165, 1.54) is 5.56 Å². The van der Waals surface area contributed by atoms with Gasteiger partial charge in [0.1, 0.15) is 0 Å². The molecule has 0 bridgehead atoms. The van der Waals surface area contributed by atoms with E-state index < -0.39 is 0 Å². The lowest BCUT2D eigenvalue weighted by molar-refractivity contribution is 0.101. The first-order valence-electron chi connectivity index (χ1n) is 8.62. The Kier molecular flexibility index (Phi) is 7.85. The van der Waals surface area contributed by atoms with E-state index in [-0.39, 0.29) is 5.78 Å². The van der Waals surface area contributed by atoms with Crippen LogP contribution in [0, 0.1) is 10.5 Å². The molecule has 0 aliphatic heterocycles. The third kappa shape index (κ3) is 5.79. The van der Waals surface area contributed by atoms with Crippen LogP contribution in [0.15, 0.2) is 49.1 Å². The minimum absolute atomic E-state index is 0.118. The Morgan fingerprint density at radius 2 is 1.92 bits per heavy atom. The van der Waals surface area contributed by atoms with E-state index in [0.717, 1.165) is 51.7 Å². The molecular formula is C22H25IO2. The molecule has 0 fully saturated rings. The fraction of sp³-hybridized carbons (Fsp3) is 0.318. The number of benzene rings is 2. The summed E-state index contributed by atoms with van der Waals surface area (Å²) in [5.41, 5.74) is 5.51. The lowest BCUT2D eigenvalue weighted by atomic mass is 9.94. The van der Waals surface area contributed by atoms with E-state index >= 15 is 0 Å². The fourth-order valence-corrected chi connectivity index (χ4v) is 3.52. The van der Waals surface area contributed by atoms with Gasteiger partial charge >= 0.3 is 0 Å². The first-order valence-corrected chi connectivity index (χ1v) is 9.70. The number of Topliss-reactive ketones (excluding diaryl/α,β-unsaturated/α-hetero) is 1. The van der Waals surface area contributed by atoms with E-state index in [1.54, 1.807) is 13.0 Å². The molecule has 0 saturated heterocycles. The maximum absolute atomic E-state index is 11.8. The van der Waals surface area contributed by atoms with Gasteiger partial charge < -0.3 is 4.74 Å². The van der Waals surface area contributed by atoms with Crippen LogP contribution in [0.2, 0.25) is 0 Å². The number of hydrogen-bond acceptors (Lipinski definition) is 2. The summed E-state index contributed by atoms with van der Waals surface area (Å²) in [6.07, 6.45) is 5.02. The minimum atomic E-state index is 0.118. The molecule has 0 amide bonds. The van der Waals surface area contributed by atoms with Crippen molar-refractivity contribution in [3.8, 4) is 11.1 Å². The normalized spacial score (nSPS) is 10.7. The lowest BCUT2D eigenvalue weighted by Crippen LogP contribution is -1.99. The standard InChI is InChI=1S/C22H25IO2/c1-4-12-25-13-6-5-7-18-8-10-19(11-9-18)22-15-20(23)14-21(16(22)2)17(3)24/h4,8-11,14-15H,1,5-7,12-13H2,2-3H3. The van der Waals surface area contributed by atoms with Crippen LogP contribution in [0.1, 0.15) is 41.3 Å². The summed E-state index contributed by atoms with van der Waals surface area (Å²) in [6, 6.07) is 12.8. The van der Waals surface area contributed by atoms with Gasteiger partial charge in [-0.05, 0) is 90.1 Å². The van der Waals surface area contributed by atoms with Crippen LogP contribution in [0.25, 0.3) is 11.1 Å². The summed E-state index contributed by atoms with van der Waals surface area (Å²) in [4.78, 5) is 11.8. The number of ketones is 1. The van der Waals surface area contributed by atoms with Gasteiger partial charge in [0.05, 0.1) is 6.61 Å². The van der Waals surface area contributed by atoms with Crippen LogP contribution < -0.4 is 0 Å². The van der Waals surface area contributed by atoms with Crippen molar-refractivity contribution in [3.05, 3.63) is 69.3 Å². The molecule has 2 aromatic rings. The Bertz CT molecular complexity index is 732. The molecule has 0 saturated carbocycles. The Morgan fingerprint density at radius 1 is 1.20 bits per heavy atom. The van der Waals surface area contributed by atoms with E-state index in [1.807, 2.05) is 13.0 Å². The van der Waals surface area contributed by atoms with Gasteiger partial charge in [0.25, 0.3) is 0 Å². The molecule has 0 N–H and O–H groups in total. The van der Waals surface area contributed by atoms with Gasteiger partial charge in [-0.25, -0.2) is 0 Å². The Morgan fingerprint density at radius 3 is 2.56 bits per heavy atom. The summed E-state index contributed by atoms with van der Waals surface area (Å²) in [6.45, 7) is 8.72. The zero-order valence-electron chi connectivity index (χ0n) is 15.0. The SMILES string of the molecule is C=CCOCCCCc1ccc(-c2cc(I)cc(C(C)=O)c2C)cc1. The maximum Gasteiger partial charge on any atom is 0.160 e. The second-order valence-electron chi connectivity index (χ2n) is 6.20. The summed E-state index contributed by atoms with van der Waals surface area (Å²) in [5.74, 6) is 0.118. The average molecular weight is 448 g/mol. The number of hydrogen-bond donors (Lipinski definition) is 0. The Hall–Kier alpha value is -1.46. The number of halogens is 1. The van der Waals surface area contributed by atoms with Crippen molar-refractivity contribution in [1.29, 1.82) is 0 Å². The van der Waals surface area contributed by atoms with Gasteiger partial charge in [-0.15, -0.1) is 6.58 Å². The minimum Gasteiger partial charge on any atom is -0.377 e. The molecule has 0 heterocycles. The largest absolute Gasteiger partial charge is 0.377 e. The molecule has 0 radical (unpaired) electrons. The third-order valence-electron chi connectivity index (χ3n) is 4.26. The van der Waals surface area contributed by atoms with E-state index in [0.29, 0.717) is 6.61 Å². The highest BCUT2D eigenvalue weighted by atomic mass is 127. The zero-order valence-corrected chi connectivity index (χ0v) is 17.1. The van der Waals surface area contributed by atoms with E-state index in [4.69, 9.17) is 4.74 Å². The van der Waals surface area contributed by atoms with Crippen molar-refractivity contribution in [3.63, 3.8) is 0 Å². The van der Waals surface area contributed by atoms with Gasteiger partial charge in [0, 0.05) is 15.7 Å². The van der Waals surface area contributed by atoms with Crippen molar-refractivity contribution in [2.75, 3.05) is 13.2 Å². The smallest absolute Gasteiger partial charge is 0.160 e. The molecule has 132 valence electrons. The van der Waals surface area contributed by atoms with Crippen LogP contribution in [0.5, 0.6) is 0 Å². The molecule has 0 atom stereocenters. The predicted octanol–water partition coefficient (Wildman–Crippen LogP) is 5.99. The Balaban J connectivity index is 2.05. The maximum atomic E-state index is 11.8. The van der Waals surface area contributed by atoms with Crippen molar-refractivity contribution < 1.29 is 9.53 Å². The number of carbonyl (C=O) groups is 1. The first kappa shape index (κ1) is 19.9. The second-order valence-corrected chi connectivity index (χ2v) is 7.45. The van der Waals surface area contributed by atoms with Gasteiger partial charge in [-0.1, -0.05) is 30.3 Å². The third-order valence-corrected chi connectivity index (χ3v) is 4.88. The lowest BCUT2D eigenvalue weighted by Gasteiger charge is -2.12. The quantitative estimate of drug-likeness (QED) is 0.204. The van der Waals surface area contributed by atoms with Crippen molar-refractivity contribution in [2.45, 2.75) is 33.1 Å². The van der Waals surface area contributed by atoms with Gasteiger partial charge in [0.15, 0.2) is 5.78 Å². The predicted molar refractivity (Wildman–Crippen MR) is 113 cm³/mol. The molecule has 2 nitrogen and oxygen atoms in total. The van der Waals surface area contributed by atoms with Crippen molar-refractivity contribution in [2.24, 2.45) is 0 Å². The first-order chi connectivity index (χ1) is 12.0. The van der Waals surface area contributed by atoms with Gasteiger partial charge in [0.2, 0.25) is 0 Å². The number of rotatable bonds is 9. The summed E-state index contributed by atoms with van der Waals surface area (Å²) in [5, 5.41) is 0. The monoisotopic (exact) mass is 448 g/mol. The van der Waals surface area contributed by atoms with Crippen LogP contribution in [0.4, 0.5) is 0 Å².